The highest BCUT2D eigenvalue weighted by molar-refractivity contribution is 6.30. The van der Waals surface area contributed by atoms with Crippen molar-refractivity contribution in [3.05, 3.63) is 34.9 Å². The molecule has 0 saturated heterocycles. The summed E-state index contributed by atoms with van der Waals surface area (Å²) in [5.74, 6) is 0. The molecule has 0 amide bonds. The van der Waals surface area contributed by atoms with Crippen molar-refractivity contribution in [1.29, 1.82) is 0 Å². The van der Waals surface area contributed by atoms with Gasteiger partial charge in [0.05, 0.1) is 0 Å². The standard InChI is InChI=1S/C18H30ClN/c1-6-7-13-20(15(2)3)14-12-18(4,5)16-8-10-17(19)11-9-16/h8-11,15H,6-7,12-14H2,1-5H3. The largest absolute Gasteiger partial charge is 0.301 e. The summed E-state index contributed by atoms with van der Waals surface area (Å²) >= 11 is 5.98. The molecule has 0 bridgehead atoms. The van der Waals surface area contributed by atoms with Crippen LogP contribution in [0.15, 0.2) is 24.3 Å². The maximum atomic E-state index is 5.98. The van der Waals surface area contributed by atoms with E-state index in [9.17, 15) is 0 Å². The van der Waals surface area contributed by atoms with Crippen LogP contribution in [0.25, 0.3) is 0 Å². The number of hydrogen-bond donors (Lipinski definition) is 0. The maximum absolute atomic E-state index is 5.98. The van der Waals surface area contributed by atoms with Crippen LogP contribution in [0.5, 0.6) is 0 Å². The Morgan fingerprint density at radius 1 is 1.10 bits per heavy atom. The Labute approximate surface area is 130 Å². The number of nitrogens with zero attached hydrogens (tertiary/aromatic N) is 1. The summed E-state index contributed by atoms with van der Waals surface area (Å²) in [6, 6.07) is 8.94. The molecule has 0 aliphatic heterocycles. The summed E-state index contributed by atoms with van der Waals surface area (Å²) in [6.07, 6.45) is 3.74. The van der Waals surface area contributed by atoms with Crippen molar-refractivity contribution < 1.29 is 0 Å². The molecule has 1 nitrogen and oxygen atoms in total. The minimum Gasteiger partial charge on any atom is -0.301 e. The summed E-state index contributed by atoms with van der Waals surface area (Å²) in [5.41, 5.74) is 1.57. The predicted molar refractivity (Wildman–Crippen MR) is 90.7 cm³/mol. The van der Waals surface area contributed by atoms with E-state index in [1.54, 1.807) is 0 Å². The van der Waals surface area contributed by atoms with Crippen LogP contribution in [-0.4, -0.2) is 24.0 Å². The molecule has 0 unspecified atom stereocenters. The van der Waals surface area contributed by atoms with Crippen molar-refractivity contribution >= 4 is 11.6 Å². The molecule has 0 N–H and O–H groups in total. The second-order valence-electron chi connectivity index (χ2n) is 6.62. The zero-order valence-corrected chi connectivity index (χ0v) is 14.5. The molecular weight excluding hydrogens is 266 g/mol. The third-order valence-corrected chi connectivity index (χ3v) is 4.43. The Bertz CT molecular complexity index is 381. The van der Waals surface area contributed by atoms with E-state index in [4.69, 9.17) is 11.6 Å². The molecule has 0 spiro atoms. The molecular formula is C18H30ClN. The van der Waals surface area contributed by atoms with Gasteiger partial charge in [-0.05, 0) is 62.9 Å². The zero-order chi connectivity index (χ0) is 15.2. The predicted octanol–water partition coefficient (Wildman–Crippen LogP) is 5.52. The molecule has 0 heterocycles. The normalized spacial score (nSPS) is 12.4. The van der Waals surface area contributed by atoms with E-state index in [0.717, 1.165) is 11.6 Å². The lowest BCUT2D eigenvalue weighted by Gasteiger charge is -2.32. The van der Waals surface area contributed by atoms with Crippen LogP contribution in [0.1, 0.15) is 59.4 Å². The van der Waals surface area contributed by atoms with Crippen molar-refractivity contribution in [2.75, 3.05) is 13.1 Å². The fraction of sp³-hybridized carbons (Fsp3) is 0.667. The third-order valence-electron chi connectivity index (χ3n) is 4.18. The van der Waals surface area contributed by atoms with Gasteiger partial charge in [-0.15, -0.1) is 0 Å². The Balaban J connectivity index is 2.62. The molecule has 114 valence electrons. The Hall–Kier alpha value is -0.530. The number of unbranched alkanes of at least 4 members (excludes halogenated alkanes) is 1. The van der Waals surface area contributed by atoms with Gasteiger partial charge in [-0.3, -0.25) is 0 Å². The van der Waals surface area contributed by atoms with E-state index in [1.807, 2.05) is 12.1 Å². The van der Waals surface area contributed by atoms with Crippen LogP contribution in [0.3, 0.4) is 0 Å². The first kappa shape index (κ1) is 17.5. The van der Waals surface area contributed by atoms with E-state index in [1.165, 1.54) is 31.4 Å². The van der Waals surface area contributed by atoms with Gasteiger partial charge in [0.25, 0.3) is 0 Å². The van der Waals surface area contributed by atoms with Gasteiger partial charge in [-0.2, -0.15) is 0 Å². The number of halogens is 1. The van der Waals surface area contributed by atoms with E-state index >= 15 is 0 Å². The first-order valence-electron chi connectivity index (χ1n) is 7.87. The minimum atomic E-state index is 0.198. The first-order chi connectivity index (χ1) is 9.36. The SMILES string of the molecule is CCCCN(CCC(C)(C)c1ccc(Cl)cc1)C(C)C. The second-order valence-corrected chi connectivity index (χ2v) is 7.06. The second kappa shape index (κ2) is 8.05. The van der Waals surface area contributed by atoms with Crippen molar-refractivity contribution in [3.63, 3.8) is 0 Å². The highest BCUT2D eigenvalue weighted by Crippen LogP contribution is 2.28. The van der Waals surface area contributed by atoms with Crippen LogP contribution in [0.4, 0.5) is 0 Å². The van der Waals surface area contributed by atoms with E-state index in [2.05, 4.69) is 51.7 Å². The molecule has 0 radical (unpaired) electrons. The fourth-order valence-corrected chi connectivity index (χ4v) is 2.58. The first-order valence-corrected chi connectivity index (χ1v) is 8.24. The average molecular weight is 296 g/mol. The van der Waals surface area contributed by atoms with Crippen molar-refractivity contribution in [3.8, 4) is 0 Å². The summed E-state index contributed by atoms with van der Waals surface area (Å²) in [6.45, 7) is 13.9. The monoisotopic (exact) mass is 295 g/mol. The maximum Gasteiger partial charge on any atom is 0.0406 e. The number of benzene rings is 1. The molecule has 1 rings (SSSR count). The van der Waals surface area contributed by atoms with Crippen LogP contribution >= 0.6 is 11.6 Å². The van der Waals surface area contributed by atoms with E-state index in [0.29, 0.717) is 6.04 Å². The summed E-state index contributed by atoms with van der Waals surface area (Å²) < 4.78 is 0. The van der Waals surface area contributed by atoms with Gasteiger partial charge in [0.2, 0.25) is 0 Å². The van der Waals surface area contributed by atoms with Gasteiger partial charge in [0.15, 0.2) is 0 Å². The highest BCUT2D eigenvalue weighted by Gasteiger charge is 2.22. The minimum absolute atomic E-state index is 0.198. The lowest BCUT2D eigenvalue weighted by atomic mass is 9.81. The summed E-state index contributed by atoms with van der Waals surface area (Å²) in [7, 11) is 0. The van der Waals surface area contributed by atoms with Gasteiger partial charge in [0, 0.05) is 11.1 Å². The van der Waals surface area contributed by atoms with Crippen molar-refractivity contribution in [2.24, 2.45) is 0 Å². The van der Waals surface area contributed by atoms with Crippen molar-refractivity contribution in [1.82, 2.24) is 4.90 Å². The Morgan fingerprint density at radius 2 is 1.70 bits per heavy atom. The Kier molecular flexibility index (Phi) is 7.05. The summed E-state index contributed by atoms with van der Waals surface area (Å²) in [5, 5.41) is 0.816. The van der Waals surface area contributed by atoms with E-state index < -0.39 is 0 Å². The molecule has 0 aromatic heterocycles. The molecule has 20 heavy (non-hydrogen) atoms. The van der Waals surface area contributed by atoms with Crippen LogP contribution in [0, 0.1) is 0 Å². The Morgan fingerprint density at radius 3 is 2.20 bits per heavy atom. The van der Waals surface area contributed by atoms with Gasteiger partial charge in [0.1, 0.15) is 0 Å². The highest BCUT2D eigenvalue weighted by atomic mass is 35.5. The number of hydrogen-bond acceptors (Lipinski definition) is 1. The quantitative estimate of drug-likeness (QED) is 0.610. The third kappa shape index (κ3) is 5.46. The zero-order valence-electron chi connectivity index (χ0n) is 13.7. The van der Waals surface area contributed by atoms with Gasteiger partial charge in [-0.25, -0.2) is 0 Å². The van der Waals surface area contributed by atoms with Gasteiger partial charge >= 0.3 is 0 Å². The van der Waals surface area contributed by atoms with Gasteiger partial charge < -0.3 is 4.90 Å². The number of rotatable bonds is 8. The fourth-order valence-electron chi connectivity index (χ4n) is 2.46. The van der Waals surface area contributed by atoms with Gasteiger partial charge in [-0.1, -0.05) is 50.9 Å². The molecule has 0 atom stereocenters. The molecule has 0 aliphatic rings. The average Bonchev–Trinajstić information content (AvgIpc) is 2.38. The molecule has 0 saturated carbocycles. The lowest BCUT2D eigenvalue weighted by Crippen LogP contribution is -2.35. The lowest BCUT2D eigenvalue weighted by molar-refractivity contribution is 0.200. The van der Waals surface area contributed by atoms with Crippen LogP contribution < -0.4 is 0 Å². The molecule has 1 aromatic carbocycles. The molecule has 1 aromatic rings. The molecule has 0 fully saturated rings. The smallest absolute Gasteiger partial charge is 0.0406 e. The topological polar surface area (TPSA) is 3.24 Å². The van der Waals surface area contributed by atoms with Crippen LogP contribution in [0.2, 0.25) is 5.02 Å². The summed E-state index contributed by atoms with van der Waals surface area (Å²) in [4.78, 5) is 2.60. The molecule has 2 heteroatoms. The van der Waals surface area contributed by atoms with Crippen LogP contribution in [-0.2, 0) is 5.41 Å². The van der Waals surface area contributed by atoms with Crippen molar-refractivity contribution in [2.45, 2.75) is 65.3 Å². The molecule has 0 aliphatic carbocycles. The van der Waals surface area contributed by atoms with E-state index in [-0.39, 0.29) is 5.41 Å².